The highest BCUT2D eigenvalue weighted by atomic mass is 32.2. The molecule has 1 unspecified atom stereocenters. The number of aromatic nitrogens is 1. The predicted octanol–water partition coefficient (Wildman–Crippen LogP) is 3.26. The first kappa shape index (κ1) is 26.4. The molecule has 0 saturated heterocycles. The number of carboxylic acids is 1. The fourth-order valence-corrected chi connectivity index (χ4v) is 4.62. The molecule has 0 saturated carbocycles. The first-order valence-corrected chi connectivity index (χ1v) is 12.7. The van der Waals surface area contributed by atoms with Gasteiger partial charge in [-0.15, -0.1) is 10.1 Å². The van der Waals surface area contributed by atoms with Crippen molar-refractivity contribution in [2.45, 2.75) is 31.2 Å². The van der Waals surface area contributed by atoms with Gasteiger partial charge in [-0.1, -0.05) is 30.3 Å². The van der Waals surface area contributed by atoms with Gasteiger partial charge in [0.15, 0.2) is 9.84 Å². The second kappa shape index (κ2) is 10.6. The molecule has 11 nitrogen and oxygen atoms in total. The van der Waals surface area contributed by atoms with Crippen molar-refractivity contribution in [1.29, 1.82) is 0 Å². The predicted molar refractivity (Wildman–Crippen MR) is 131 cm³/mol. The summed E-state index contributed by atoms with van der Waals surface area (Å²) in [5, 5.41) is 19.4. The van der Waals surface area contributed by atoms with Crippen LogP contribution in [0.2, 0.25) is 0 Å². The molecule has 1 amide bonds. The summed E-state index contributed by atoms with van der Waals surface area (Å²) in [7, 11) is -3.41. The van der Waals surface area contributed by atoms with Crippen LogP contribution in [0.1, 0.15) is 19.0 Å². The summed E-state index contributed by atoms with van der Waals surface area (Å²) in [4.78, 5) is 40.8. The molecule has 2 aromatic carbocycles. The number of aliphatic carboxylic acids is 1. The number of para-hydroxylation sites is 1. The Labute approximate surface area is 207 Å². The molecule has 1 N–H and O–H groups in total. The van der Waals surface area contributed by atoms with Crippen LogP contribution < -0.4 is 4.90 Å². The van der Waals surface area contributed by atoms with Gasteiger partial charge in [-0.05, 0) is 42.8 Å². The highest BCUT2D eigenvalue weighted by molar-refractivity contribution is 7.90. The molecule has 0 radical (unpaired) electrons. The number of benzene rings is 2. The molecular weight excluding hydrogens is 490 g/mol. The molecule has 1 aromatic heterocycles. The van der Waals surface area contributed by atoms with Gasteiger partial charge in [0.25, 0.3) is 5.09 Å². The third-order valence-corrected chi connectivity index (χ3v) is 6.73. The van der Waals surface area contributed by atoms with E-state index in [-0.39, 0.29) is 11.3 Å². The molecule has 1 heterocycles. The van der Waals surface area contributed by atoms with E-state index in [4.69, 9.17) is 0 Å². The fraction of sp³-hybridized carbons (Fsp3) is 0.250. The van der Waals surface area contributed by atoms with Gasteiger partial charge in [0, 0.05) is 31.0 Å². The monoisotopic (exact) mass is 515 g/mol. The van der Waals surface area contributed by atoms with Crippen LogP contribution in [-0.2, 0) is 24.3 Å². The van der Waals surface area contributed by atoms with Gasteiger partial charge >= 0.3 is 5.97 Å². The number of amides is 1. The number of hydrogen-bond acceptors (Lipinski definition) is 7. The number of anilines is 1. The van der Waals surface area contributed by atoms with E-state index >= 15 is 0 Å². The number of sulfone groups is 1. The zero-order valence-electron chi connectivity index (χ0n) is 19.8. The molecule has 12 heteroatoms. The van der Waals surface area contributed by atoms with Crippen LogP contribution >= 0.6 is 0 Å². The third kappa shape index (κ3) is 5.71. The smallest absolute Gasteiger partial charge is 0.326 e. The molecular formula is C24H25N3O8S. The second-order valence-electron chi connectivity index (χ2n) is 8.06. The second-order valence-corrected chi connectivity index (χ2v) is 10.1. The van der Waals surface area contributed by atoms with Gasteiger partial charge in [-0.25, -0.2) is 13.2 Å². The summed E-state index contributed by atoms with van der Waals surface area (Å²) < 4.78 is 25.6. The van der Waals surface area contributed by atoms with Crippen molar-refractivity contribution in [3.05, 3.63) is 76.5 Å². The number of hydrogen-bond donors (Lipinski definition) is 1. The highest BCUT2D eigenvalue weighted by Gasteiger charge is 2.32. The van der Waals surface area contributed by atoms with Crippen LogP contribution in [0, 0.1) is 17.0 Å². The summed E-state index contributed by atoms with van der Waals surface area (Å²) >= 11 is 0. The van der Waals surface area contributed by atoms with Crippen LogP contribution in [0.4, 0.5) is 5.69 Å². The summed E-state index contributed by atoms with van der Waals surface area (Å²) in [6.07, 6.45) is 0.792. The van der Waals surface area contributed by atoms with E-state index in [1.165, 1.54) is 19.1 Å². The maximum absolute atomic E-state index is 12.7. The molecule has 0 bridgehead atoms. The van der Waals surface area contributed by atoms with Crippen molar-refractivity contribution in [2.24, 2.45) is 0 Å². The average Bonchev–Trinajstić information content (AvgIpc) is 3.14. The summed E-state index contributed by atoms with van der Waals surface area (Å²) in [6, 6.07) is 15.6. The zero-order chi connectivity index (χ0) is 26.6. The summed E-state index contributed by atoms with van der Waals surface area (Å²) in [5.41, 5.74) is 2.79. The van der Waals surface area contributed by atoms with Crippen molar-refractivity contribution in [3.8, 4) is 16.9 Å². The molecule has 0 aliphatic carbocycles. The lowest BCUT2D eigenvalue weighted by atomic mass is 10.1. The normalized spacial score (nSPS) is 12.1. The van der Waals surface area contributed by atoms with Crippen LogP contribution in [0.3, 0.4) is 0 Å². The van der Waals surface area contributed by atoms with E-state index in [0.717, 1.165) is 16.8 Å². The van der Waals surface area contributed by atoms with Crippen LogP contribution in [0.25, 0.3) is 16.9 Å². The molecule has 0 aliphatic heterocycles. The van der Waals surface area contributed by atoms with E-state index < -0.39 is 39.4 Å². The molecule has 0 spiro atoms. The number of nitrogens with zero attached hydrogens (tertiary/aromatic N) is 3. The Hall–Kier alpha value is -4.19. The number of rotatable bonds is 10. The Morgan fingerprint density at radius 2 is 1.75 bits per heavy atom. The molecule has 0 aliphatic rings. The highest BCUT2D eigenvalue weighted by Crippen LogP contribution is 2.36. The average molecular weight is 516 g/mol. The maximum Gasteiger partial charge on any atom is 0.326 e. The molecule has 190 valence electrons. The third-order valence-electron chi connectivity index (χ3n) is 5.60. The van der Waals surface area contributed by atoms with Crippen LogP contribution in [0.5, 0.6) is 0 Å². The van der Waals surface area contributed by atoms with Gasteiger partial charge in [-0.3, -0.25) is 9.69 Å². The Bertz CT molecular complexity index is 1380. The lowest BCUT2D eigenvalue weighted by molar-refractivity contribution is -0.757. The first-order valence-electron chi connectivity index (χ1n) is 10.8. The van der Waals surface area contributed by atoms with E-state index in [0.29, 0.717) is 22.6 Å². The minimum absolute atomic E-state index is 0.142. The Kier molecular flexibility index (Phi) is 7.78. The molecule has 1 atom stereocenters. The Morgan fingerprint density at radius 1 is 1.14 bits per heavy atom. The van der Waals surface area contributed by atoms with E-state index in [2.05, 4.69) is 4.84 Å². The van der Waals surface area contributed by atoms with Crippen molar-refractivity contribution < 1.29 is 33.0 Å². The molecule has 0 fully saturated rings. The Morgan fingerprint density at radius 3 is 2.25 bits per heavy atom. The van der Waals surface area contributed by atoms with Crippen molar-refractivity contribution in [2.75, 3.05) is 17.8 Å². The zero-order valence-corrected chi connectivity index (χ0v) is 20.6. The first-order chi connectivity index (χ1) is 16.9. The lowest BCUT2D eigenvalue weighted by Gasteiger charge is -2.28. The summed E-state index contributed by atoms with van der Waals surface area (Å²) in [5.74, 6) is -1.92. The van der Waals surface area contributed by atoms with E-state index in [9.17, 15) is 33.2 Å². The van der Waals surface area contributed by atoms with Gasteiger partial charge in [0.05, 0.1) is 22.9 Å². The molecule has 36 heavy (non-hydrogen) atoms. The number of carbonyl (C=O) groups excluding carboxylic acids is 1. The molecule has 3 aromatic rings. The van der Waals surface area contributed by atoms with Crippen molar-refractivity contribution in [1.82, 2.24) is 4.57 Å². The van der Waals surface area contributed by atoms with Gasteiger partial charge < -0.3 is 14.5 Å². The quantitative estimate of drug-likeness (QED) is 0.319. The minimum atomic E-state index is -3.41. The SMILES string of the molecule is CC(=O)N(c1cc(-c2ccc(S(C)(=O)=O)cc2)n(-c2ccccc2)c1C)C(CCO[N+](=O)[O-])C(=O)O. The Balaban J connectivity index is 2.20. The maximum atomic E-state index is 12.7. The standard InChI is InChI=1S/C24H25N3O8S/c1-16-22(26(17(2)28)21(24(29)30)13-14-35-27(31)32)15-23(25(16)19-7-5-4-6-8-19)18-9-11-20(12-10-18)36(3,33)34/h4-12,15,21H,13-14H2,1-3H3,(H,29,30). The lowest BCUT2D eigenvalue weighted by Crippen LogP contribution is -2.45. The van der Waals surface area contributed by atoms with Gasteiger partial charge in [0.2, 0.25) is 5.91 Å². The minimum Gasteiger partial charge on any atom is -0.480 e. The molecule has 3 rings (SSSR count). The summed E-state index contributed by atoms with van der Waals surface area (Å²) in [6.45, 7) is 2.43. The van der Waals surface area contributed by atoms with Gasteiger partial charge in [0.1, 0.15) is 6.04 Å². The van der Waals surface area contributed by atoms with Crippen LogP contribution in [-0.4, -0.2) is 54.0 Å². The largest absolute Gasteiger partial charge is 0.480 e. The van der Waals surface area contributed by atoms with Gasteiger partial charge in [-0.2, -0.15) is 0 Å². The topological polar surface area (TPSA) is 149 Å². The van der Waals surface area contributed by atoms with E-state index in [1.807, 2.05) is 34.9 Å². The van der Waals surface area contributed by atoms with Crippen molar-refractivity contribution in [3.63, 3.8) is 0 Å². The fourth-order valence-electron chi connectivity index (χ4n) is 3.99. The number of carbonyl (C=O) groups is 2. The van der Waals surface area contributed by atoms with Crippen molar-refractivity contribution >= 4 is 27.4 Å². The van der Waals surface area contributed by atoms with Crippen LogP contribution in [0.15, 0.2) is 65.6 Å². The number of carboxylic acid groups (broad SMARTS) is 1. The van der Waals surface area contributed by atoms with E-state index in [1.54, 1.807) is 25.1 Å².